The third kappa shape index (κ3) is 3.00. The highest BCUT2D eigenvalue weighted by Gasteiger charge is 2.47. The van der Waals surface area contributed by atoms with Crippen LogP contribution in [0.15, 0.2) is 30.3 Å². The van der Waals surface area contributed by atoms with Crippen molar-refractivity contribution in [3.05, 3.63) is 35.9 Å². The molecule has 2 fully saturated rings. The van der Waals surface area contributed by atoms with Gasteiger partial charge in [0, 0.05) is 13.1 Å². The summed E-state index contributed by atoms with van der Waals surface area (Å²) in [6, 6.07) is 8.81. The summed E-state index contributed by atoms with van der Waals surface area (Å²) < 4.78 is 33.8. The molecule has 1 aromatic carbocycles. The fraction of sp³-hybridized carbons (Fsp3) is 0.562. The lowest BCUT2D eigenvalue weighted by atomic mass is 9.98. The summed E-state index contributed by atoms with van der Waals surface area (Å²) in [5.74, 6) is -0.439. The number of nitrogens with zero attached hydrogens (tertiary/aromatic N) is 2. The number of ether oxygens (including phenoxy) is 1. The highest BCUT2D eigenvalue weighted by atomic mass is 32.2. The standard InChI is InChI=1S/C16H22N2O4S/c1-2-22-16(19)15-9-6-11-17(15)23(20,21)18-12-10-14(18)13-7-4-3-5-8-13/h3-5,7-8,14-15H,2,6,9-12H2,1H3/t14-,15+/m0/s1. The van der Waals surface area contributed by atoms with E-state index in [0.29, 0.717) is 25.9 Å². The number of hydrogen-bond donors (Lipinski definition) is 0. The predicted octanol–water partition coefficient (Wildman–Crippen LogP) is 1.71. The van der Waals surface area contributed by atoms with Gasteiger partial charge in [0.25, 0.3) is 10.2 Å². The smallest absolute Gasteiger partial charge is 0.324 e. The molecule has 1 aromatic rings. The first-order valence-corrected chi connectivity index (χ1v) is 9.45. The van der Waals surface area contributed by atoms with Gasteiger partial charge >= 0.3 is 5.97 Å². The number of carbonyl (C=O) groups is 1. The highest BCUT2D eigenvalue weighted by molar-refractivity contribution is 7.86. The third-order valence-corrected chi connectivity index (χ3v) is 6.57. The molecule has 0 unspecified atom stereocenters. The van der Waals surface area contributed by atoms with Crippen LogP contribution in [-0.4, -0.2) is 48.7 Å². The van der Waals surface area contributed by atoms with Crippen LogP contribution in [0.25, 0.3) is 0 Å². The maximum absolute atomic E-state index is 13.0. The van der Waals surface area contributed by atoms with E-state index in [1.54, 1.807) is 6.92 Å². The van der Waals surface area contributed by atoms with Crippen molar-refractivity contribution in [2.75, 3.05) is 19.7 Å². The van der Waals surface area contributed by atoms with E-state index >= 15 is 0 Å². The van der Waals surface area contributed by atoms with Crippen LogP contribution in [0.1, 0.15) is 37.8 Å². The first-order chi connectivity index (χ1) is 11.1. The van der Waals surface area contributed by atoms with Crippen molar-refractivity contribution >= 4 is 16.2 Å². The largest absolute Gasteiger partial charge is 0.465 e. The molecule has 0 bridgehead atoms. The Morgan fingerprint density at radius 3 is 2.52 bits per heavy atom. The SMILES string of the molecule is CCOC(=O)[C@H]1CCCN1S(=O)(=O)N1CC[C@H]1c1ccccc1. The van der Waals surface area contributed by atoms with Gasteiger partial charge < -0.3 is 4.74 Å². The van der Waals surface area contributed by atoms with Gasteiger partial charge in [-0.1, -0.05) is 30.3 Å². The zero-order valence-corrected chi connectivity index (χ0v) is 14.0. The van der Waals surface area contributed by atoms with Crippen molar-refractivity contribution in [3.8, 4) is 0 Å². The van der Waals surface area contributed by atoms with Crippen molar-refractivity contribution in [2.24, 2.45) is 0 Å². The van der Waals surface area contributed by atoms with Gasteiger partial charge in [0.2, 0.25) is 0 Å². The summed E-state index contributed by atoms with van der Waals surface area (Å²) in [5, 5.41) is 0. The summed E-state index contributed by atoms with van der Waals surface area (Å²) in [7, 11) is -3.65. The van der Waals surface area contributed by atoms with Gasteiger partial charge in [-0.15, -0.1) is 0 Å². The van der Waals surface area contributed by atoms with E-state index in [4.69, 9.17) is 4.74 Å². The van der Waals surface area contributed by atoms with Gasteiger partial charge in [0.15, 0.2) is 0 Å². The summed E-state index contributed by atoms with van der Waals surface area (Å²) in [5.41, 5.74) is 0.995. The highest BCUT2D eigenvalue weighted by Crippen LogP contribution is 2.38. The Morgan fingerprint density at radius 1 is 1.17 bits per heavy atom. The van der Waals surface area contributed by atoms with E-state index < -0.39 is 22.2 Å². The van der Waals surface area contributed by atoms with Crippen LogP contribution in [0.3, 0.4) is 0 Å². The molecule has 0 amide bonds. The van der Waals surface area contributed by atoms with E-state index in [2.05, 4.69) is 0 Å². The minimum Gasteiger partial charge on any atom is -0.465 e. The van der Waals surface area contributed by atoms with E-state index in [1.165, 1.54) is 8.61 Å². The summed E-state index contributed by atoms with van der Waals surface area (Å²) in [6.07, 6.45) is 2.02. The number of carbonyl (C=O) groups excluding carboxylic acids is 1. The van der Waals surface area contributed by atoms with Gasteiger partial charge in [-0.25, -0.2) is 0 Å². The van der Waals surface area contributed by atoms with E-state index in [0.717, 1.165) is 12.0 Å². The molecule has 0 N–H and O–H groups in total. The lowest BCUT2D eigenvalue weighted by molar-refractivity contribution is -0.147. The molecule has 3 rings (SSSR count). The van der Waals surface area contributed by atoms with Crippen molar-refractivity contribution in [1.82, 2.24) is 8.61 Å². The van der Waals surface area contributed by atoms with Crippen molar-refractivity contribution in [3.63, 3.8) is 0 Å². The zero-order valence-electron chi connectivity index (χ0n) is 13.2. The number of rotatable bonds is 5. The zero-order chi connectivity index (χ0) is 16.4. The molecule has 23 heavy (non-hydrogen) atoms. The molecule has 0 saturated carbocycles. The van der Waals surface area contributed by atoms with Crippen LogP contribution in [0.4, 0.5) is 0 Å². The number of esters is 1. The van der Waals surface area contributed by atoms with Crippen LogP contribution >= 0.6 is 0 Å². The normalized spacial score (nSPS) is 26.0. The maximum atomic E-state index is 13.0. The van der Waals surface area contributed by atoms with Crippen molar-refractivity contribution in [2.45, 2.75) is 38.3 Å². The fourth-order valence-electron chi connectivity index (χ4n) is 3.27. The number of benzene rings is 1. The van der Waals surface area contributed by atoms with Gasteiger partial charge in [-0.2, -0.15) is 17.0 Å². The molecule has 0 radical (unpaired) electrons. The first kappa shape index (κ1) is 16.4. The Labute approximate surface area is 137 Å². The van der Waals surface area contributed by atoms with Crippen LogP contribution < -0.4 is 0 Å². The third-order valence-electron chi connectivity index (χ3n) is 4.51. The molecule has 2 aliphatic heterocycles. The minimum absolute atomic E-state index is 0.135. The molecule has 2 saturated heterocycles. The average Bonchev–Trinajstić information content (AvgIpc) is 2.97. The maximum Gasteiger partial charge on any atom is 0.324 e. The lowest BCUT2D eigenvalue weighted by Gasteiger charge is -2.42. The molecule has 2 aliphatic rings. The van der Waals surface area contributed by atoms with E-state index in [1.807, 2.05) is 30.3 Å². The summed E-state index contributed by atoms with van der Waals surface area (Å²) in [4.78, 5) is 12.0. The molecule has 7 heteroatoms. The Bertz CT molecular complexity index is 662. The monoisotopic (exact) mass is 338 g/mol. The molecular weight excluding hydrogens is 316 g/mol. The second-order valence-corrected chi connectivity index (χ2v) is 7.69. The first-order valence-electron chi connectivity index (χ1n) is 8.06. The topological polar surface area (TPSA) is 66.9 Å². The van der Waals surface area contributed by atoms with Crippen molar-refractivity contribution < 1.29 is 17.9 Å². The second kappa shape index (κ2) is 6.59. The van der Waals surface area contributed by atoms with Crippen molar-refractivity contribution in [1.29, 1.82) is 0 Å². The minimum atomic E-state index is -3.65. The Hall–Kier alpha value is -1.44. The molecule has 2 heterocycles. The van der Waals surface area contributed by atoms with E-state index in [9.17, 15) is 13.2 Å². The molecule has 0 aliphatic carbocycles. The molecule has 0 aromatic heterocycles. The summed E-state index contributed by atoms with van der Waals surface area (Å²) >= 11 is 0. The molecule has 2 atom stereocenters. The van der Waals surface area contributed by atoms with Gasteiger partial charge in [0.05, 0.1) is 12.6 Å². The number of hydrogen-bond acceptors (Lipinski definition) is 4. The molecule has 0 spiro atoms. The Balaban J connectivity index is 1.80. The Kier molecular flexibility index (Phi) is 4.70. The predicted molar refractivity (Wildman–Crippen MR) is 85.8 cm³/mol. The molecular formula is C16H22N2O4S. The van der Waals surface area contributed by atoms with Gasteiger partial charge in [-0.3, -0.25) is 4.79 Å². The second-order valence-electron chi connectivity index (χ2n) is 5.85. The van der Waals surface area contributed by atoms with Crippen LogP contribution in [0, 0.1) is 0 Å². The van der Waals surface area contributed by atoms with Gasteiger partial charge in [-0.05, 0) is 31.7 Å². The Morgan fingerprint density at radius 2 is 1.91 bits per heavy atom. The molecule has 6 nitrogen and oxygen atoms in total. The average molecular weight is 338 g/mol. The summed E-state index contributed by atoms with van der Waals surface area (Å²) in [6.45, 7) is 2.86. The van der Waals surface area contributed by atoms with Gasteiger partial charge in [0.1, 0.15) is 6.04 Å². The lowest BCUT2D eigenvalue weighted by Crippen LogP contribution is -2.54. The quantitative estimate of drug-likeness (QED) is 0.767. The van der Waals surface area contributed by atoms with Crippen LogP contribution in [-0.2, 0) is 19.7 Å². The van der Waals surface area contributed by atoms with Crippen LogP contribution in [0.5, 0.6) is 0 Å². The fourth-order valence-corrected chi connectivity index (χ4v) is 5.30. The van der Waals surface area contributed by atoms with Crippen LogP contribution in [0.2, 0.25) is 0 Å². The molecule has 126 valence electrons. The van der Waals surface area contributed by atoms with E-state index in [-0.39, 0.29) is 12.6 Å².